The van der Waals surface area contributed by atoms with E-state index >= 15 is 0 Å². The van der Waals surface area contributed by atoms with Gasteiger partial charge in [-0.05, 0) is 36.8 Å². The van der Waals surface area contributed by atoms with Gasteiger partial charge in [0.25, 0.3) is 0 Å². The first kappa shape index (κ1) is 20.9. The summed E-state index contributed by atoms with van der Waals surface area (Å²) in [7, 11) is -3.63. The summed E-state index contributed by atoms with van der Waals surface area (Å²) in [6.07, 6.45) is 1.04. The monoisotopic (exact) mass is 390 g/mol. The van der Waals surface area contributed by atoms with Crippen molar-refractivity contribution < 1.29 is 17.9 Å². The minimum Gasteiger partial charge on any atom is -0.455 e. The third-order valence-electron chi connectivity index (χ3n) is 4.02. The lowest BCUT2D eigenvalue weighted by molar-refractivity contribution is -0.116. The Hall–Kier alpha value is -2.38. The van der Waals surface area contributed by atoms with Gasteiger partial charge in [-0.2, -0.15) is 4.31 Å². The predicted octanol–water partition coefficient (Wildman–Crippen LogP) is 4.25. The molecule has 0 saturated heterocycles. The molecule has 0 bridgehead atoms. The molecule has 2 aromatic carbocycles. The molecule has 0 spiro atoms. The second-order valence-corrected chi connectivity index (χ2v) is 7.90. The van der Waals surface area contributed by atoms with Gasteiger partial charge < -0.3 is 10.1 Å². The van der Waals surface area contributed by atoms with Crippen LogP contribution in [0, 0.1) is 0 Å². The quantitative estimate of drug-likeness (QED) is 0.694. The fourth-order valence-corrected chi connectivity index (χ4v) is 4.11. The topological polar surface area (TPSA) is 75.7 Å². The molecule has 0 aliphatic carbocycles. The number of carbonyl (C=O) groups is 1. The average molecular weight is 391 g/mol. The highest BCUT2D eigenvalue weighted by Crippen LogP contribution is 2.32. The molecule has 0 saturated carbocycles. The maximum atomic E-state index is 12.8. The van der Waals surface area contributed by atoms with Gasteiger partial charge >= 0.3 is 0 Å². The van der Waals surface area contributed by atoms with E-state index in [1.807, 2.05) is 25.1 Å². The summed E-state index contributed by atoms with van der Waals surface area (Å²) >= 11 is 0. The maximum Gasteiger partial charge on any atom is 0.243 e. The van der Waals surface area contributed by atoms with Crippen LogP contribution in [0.2, 0.25) is 0 Å². The predicted molar refractivity (Wildman–Crippen MR) is 107 cm³/mol. The van der Waals surface area contributed by atoms with E-state index in [9.17, 15) is 13.2 Å². The third-order valence-corrected chi connectivity index (χ3v) is 6.06. The number of anilines is 1. The number of amides is 1. The van der Waals surface area contributed by atoms with Gasteiger partial charge in [0.05, 0.1) is 10.6 Å². The molecule has 0 heterocycles. The number of sulfonamides is 1. The van der Waals surface area contributed by atoms with Gasteiger partial charge in [-0.15, -0.1) is 0 Å². The van der Waals surface area contributed by atoms with Crippen molar-refractivity contribution in [2.24, 2.45) is 0 Å². The smallest absolute Gasteiger partial charge is 0.243 e. The van der Waals surface area contributed by atoms with Crippen molar-refractivity contribution in [1.29, 1.82) is 0 Å². The molecule has 0 aromatic heterocycles. The van der Waals surface area contributed by atoms with E-state index in [1.54, 1.807) is 32.0 Å². The molecule has 1 N–H and O–H groups in total. The first-order valence-electron chi connectivity index (χ1n) is 9.09. The standard InChI is InChI=1S/C20H26N2O4S/c1-4-10-20(23)21-18-15-17(27(24,25)22(5-2)6-3)13-14-19(18)26-16-11-8-7-9-12-16/h7-9,11-15H,4-6,10H2,1-3H3,(H,21,23). The number of rotatable bonds is 9. The SMILES string of the molecule is CCCC(=O)Nc1cc(S(=O)(=O)N(CC)CC)ccc1Oc1ccccc1. The van der Waals surface area contributed by atoms with Crippen LogP contribution in [0.25, 0.3) is 0 Å². The van der Waals surface area contributed by atoms with Crippen molar-refractivity contribution in [1.82, 2.24) is 4.31 Å². The number of nitrogens with one attached hydrogen (secondary N) is 1. The van der Waals surface area contributed by atoms with Crippen molar-refractivity contribution in [3.05, 3.63) is 48.5 Å². The fraction of sp³-hybridized carbons (Fsp3) is 0.350. The van der Waals surface area contributed by atoms with E-state index in [0.717, 1.165) is 0 Å². The highest BCUT2D eigenvalue weighted by molar-refractivity contribution is 7.89. The van der Waals surface area contributed by atoms with Gasteiger partial charge in [0.1, 0.15) is 5.75 Å². The van der Waals surface area contributed by atoms with Crippen LogP contribution in [-0.4, -0.2) is 31.7 Å². The van der Waals surface area contributed by atoms with Gasteiger partial charge in [0.2, 0.25) is 15.9 Å². The van der Waals surface area contributed by atoms with Crippen LogP contribution in [0.15, 0.2) is 53.4 Å². The molecule has 0 fully saturated rings. The molecule has 0 atom stereocenters. The summed E-state index contributed by atoms with van der Waals surface area (Å²) in [5, 5.41) is 2.77. The highest BCUT2D eigenvalue weighted by Gasteiger charge is 2.23. The van der Waals surface area contributed by atoms with Crippen molar-refractivity contribution in [3.63, 3.8) is 0 Å². The van der Waals surface area contributed by atoms with E-state index < -0.39 is 10.0 Å². The number of hydrogen-bond acceptors (Lipinski definition) is 4. The summed E-state index contributed by atoms with van der Waals surface area (Å²) in [6.45, 7) is 6.23. The molecule has 0 radical (unpaired) electrons. The third kappa shape index (κ3) is 5.30. The fourth-order valence-electron chi connectivity index (χ4n) is 2.62. The summed E-state index contributed by atoms with van der Waals surface area (Å²) in [4.78, 5) is 12.2. The molecular weight excluding hydrogens is 364 g/mol. The van der Waals surface area contributed by atoms with Crippen molar-refractivity contribution in [2.75, 3.05) is 18.4 Å². The van der Waals surface area contributed by atoms with Gasteiger partial charge in [-0.25, -0.2) is 8.42 Å². The molecule has 2 aromatic rings. The number of para-hydroxylation sites is 1. The minimum atomic E-state index is -3.63. The minimum absolute atomic E-state index is 0.124. The number of nitrogens with zero attached hydrogens (tertiary/aromatic N) is 1. The van der Waals surface area contributed by atoms with Crippen LogP contribution in [0.3, 0.4) is 0 Å². The maximum absolute atomic E-state index is 12.8. The van der Waals surface area contributed by atoms with Crippen molar-refractivity contribution in [2.45, 2.75) is 38.5 Å². The zero-order valence-corrected chi connectivity index (χ0v) is 16.8. The Bertz CT molecular complexity index is 863. The highest BCUT2D eigenvalue weighted by atomic mass is 32.2. The number of ether oxygens (including phenoxy) is 1. The van der Waals surface area contributed by atoms with Crippen LogP contribution >= 0.6 is 0 Å². The molecule has 6 nitrogen and oxygen atoms in total. The van der Waals surface area contributed by atoms with Gasteiger partial charge in [-0.3, -0.25) is 4.79 Å². The zero-order chi connectivity index (χ0) is 19.9. The Morgan fingerprint density at radius 3 is 2.30 bits per heavy atom. The van der Waals surface area contributed by atoms with Crippen LogP contribution < -0.4 is 10.1 Å². The second kappa shape index (κ2) is 9.53. The molecule has 7 heteroatoms. The Kier molecular flexibility index (Phi) is 7.38. The van der Waals surface area contributed by atoms with Gasteiger partial charge in [0.15, 0.2) is 5.75 Å². The van der Waals surface area contributed by atoms with Crippen LogP contribution in [0.1, 0.15) is 33.6 Å². The number of hydrogen-bond donors (Lipinski definition) is 1. The molecule has 146 valence electrons. The van der Waals surface area contributed by atoms with E-state index in [0.29, 0.717) is 43.1 Å². The number of carbonyl (C=O) groups excluding carboxylic acids is 1. The van der Waals surface area contributed by atoms with E-state index in [-0.39, 0.29) is 10.8 Å². The van der Waals surface area contributed by atoms with Gasteiger partial charge in [-0.1, -0.05) is 39.0 Å². The molecule has 0 aliphatic rings. The van der Waals surface area contributed by atoms with E-state index in [1.165, 1.54) is 16.4 Å². The average Bonchev–Trinajstić information content (AvgIpc) is 2.65. The summed E-state index contributed by atoms with van der Waals surface area (Å²) in [5.74, 6) is 0.805. The second-order valence-electron chi connectivity index (χ2n) is 5.96. The van der Waals surface area contributed by atoms with Crippen LogP contribution in [0.4, 0.5) is 5.69 Å². The Morgan fingerprint density at radius 1 is 1.04 bits per heavy atom. The van der Waals surface area contributed by atoms with Crippen LogP contribution in [-0.2, 0) is 14.8 Å². The molecule has 1 amide bonds. The molecule has 0 aliphatic heterocycles. The largest absolute Gasteiger partial charge is 0.455 e. The van der Waals surface area contributed by atoms with Crippen molar-refractivity contribution in [3.8, 4) is 11.5 Å². The first-order valence-corrected chi connectivity index (χ1v) is 10.5. The molecule has 27 heavy (non-hydrogen) atoms. The normalized spacial score (nSPS) is 11.4. The Labute approximate surface area is 161 Å². The van der Waals surface area contributed by atoms with Crippen LogP contribution in [0.5, 0.6) is 11.5 Å². The lowest BCUT2D eigenvalue weighted by Gasteiger charge is -2.20. The summed E-state index contributed by atoms with van der Waals surface area (Å²) in [6, 6.07) is 13.7. The summed E-state index contributed by atoms with van der Waals surface area (Å²) in [5.41, 5.74) is 0.338. The van der Waals surface area contributed by atoms with Crippen molar-refractivity contribution >= 4 is 21.6 Å². The lowest BCUT2D eigenvalue weighted by atomic mass is 10.2. The Balaban J connectivity index is 2.44. The van der Waals surface area contributed by atoms with E-state index in [2.05, 4.69) is 5.32 Å². The Morgan fingerprint density at radius 2 is 1.70 bits per heavy atom. The lowest BCUT2D eigenvalue weighted by Crippen LogP contribution is -2.30. The molecule has 0 unspecified atom stereocenters. The van der Waals surface area contributed by atoms with E-state index in [4.69, 9.17) is 4.74 Å². The molecular formula is C20H26N2O4S. The zero-order valence-electron chi connectivity index (χ0n) is 15.9. The first-order chi connectivity index (χ1) is 12.9. The molecule has 2 rings (SSSR count). The summed E-state index contributed by atoms with van der Waals surface area (Å²) < 4.78 is 32.8. The number of benzene rings is 2. The van der Waals surface area contributed by atoms with Gasteiger partial charge in [0, 0.05) is 19.5 Å².